The minimum Gasteiger partial charge on any atom is -0.462 e. The summed E-state index contributed by atoms with van der Waals surface area (Å²) in [5, 5.41) is 0. The number of esters is 6. The number of aryl methyl sites for hydroxylation is 2. The van der Waals surface area contributed by atoms with E-state index in [4.69, 9.17) is 28.4 Å². The van der Waals surface area contributed by atoms with Crippen molar-refractivity contribution in [2.75, 3.05) is 13.2 Å². The first-order valence-corrected chi connectivity index (χ1v) is 28.6. The Hall–Kier alpha value is -6.30. The number of hydrogen-bond donors (Lipinski definition) is 0. The molecule has 0 heterocycles. The molecule has 0 spiro atoms. The van der Waals surface area contributed by atoms with Crippen LogP contribution in [0.4, 0.5) is 0 Å². The summed E-state index contributed by atoms with van der Waals surface area (Å²) in [7, 11) is 0. The van der Waals surface area contributed by atoms with Crippen LogP contribution < -0.4 is 18.9 Å². The maximum absolute atomic E-state index is 12.7. The first kappa shape index (κ1) is 60.6. The van der Waals surface area contributed by atoms with Crippen LogP contribution in [0, 0.1) is 23.7 Å². The Kier molecular flexibility index (Phi) is 27.4. The molecular formula is C64H88O12. The van der Waals surface area contributed by atoms with Gasteiger partial charge in [0.05, 0.1) is 48.0 Å². The molecule has 416 valence electrons. The van der Waals surface area contributed by atoms with E-state index >= 15 is 0 Å². The van der Waals surface area contributed by atoms with Crippen molar-refractivity contribution in [3.63, 3.8) is 0 Å². The number of rotatable bonds is 28. The van der Waals surface area contributed by atoms with Crippen molar-refractivity contribution >= 4 is 35.8 Å². The SMILES string of the molecule is CCCCCCOC(=O)c1ccc(OC(=O)C2CCC(C(=O)Oc3ccc(C(=O)OCCCCCC)cc3)CC2)cc1.CCCCCc1ccc(OC(=O)C2CCC(C(=O)Oc3ccc(CCCCC)cc3)CC2)cc1.[HH].[HH]. The van der Waals surface area contributed by atoms with Crippen LogP contribution in [0.1, 0.15) is 204 Å². The highest BCUT2D eigenvalue weighted by molar-refractivity contribution is 5.90. The van der Waals surface area contributed by atoms with Crippen LogP contribution in [0.3, 0.4) is 0 Å². The van der Waals surface area contributed by atoms with Gasteiger partial charge in [0.25, 0.3) is 0 Å². The molecule has 0 saturated heterocycles. The van der Waals surface area contributed by atoms with Crippen LogP contribution in [-0.2, 0) is 41.5 Å². The van der Waals surface area contributed by atoms with Crippen molar-refractivity contribution in [1.82, 2.24) is 0 Å². The van der Waals surface area contributed by atoms with Gasteiger partial charge >= 0.3 is 35.8 Å². The Balaban J connectivity index is 0.000000408. The van der Waals surface area contributed by atoms with Crippen LogP contribution in [0.5, 0.6) is 23.0 Å². The number of ether oxygens (including phenoxy) is 6. The largest absolute Gasteiger partial charge is 0.462 e. The first-order chi connectivity index (χ1) is 37.0. The summed E-state index contributed by atoms with van der Waals surface area (Å²) in [6, 6.07) is 28.4. The van der Waals surface area contributed by atoms with Gasteiger partial charge in [0.2, 0.25) is 0 Å². The standard InChI is InChI=1S/C34H44O8.C30H40O4.2H2/c1-3-5-7-9-23-39-31(35)25-15-19-29(20-16-25)41-33(37)27-11-13-28(14-12-27)34(38)42-30-21-17-26(18-22-30)32(36)40-24-10-8-6-4-2;1-3-5-7-9-23-11-19-27(20-12-23)33-29(31)25-15-17-26(18-16-25)30(32)34-28-21-13-24(14-22-28)10-8-6-4-2;;/h15-22,27-28H,3-14,23-24H2,1-2H3;11-14,19-22,25-26H,3-10,15-18H2,1-2H3;2*1H. The Morgan fingerprint density at radius 3 is 0.855 bits per heavy atom. The summed E-state index contributed by atoms with van der Waals surface area (Å²) in [6.45, 7) is 9.45. The highest BCUT2D eigenvalue weighted by atomic mass is 16.6. The fraction of sp³-hybridized carbons (Fsp3) is 0.531. The molecular weight excluding hydrogens is 961 g/mol. The molecule has 0 unspecified atom stereocenters. The molecule has 76 heavy (non-hydrogen) atoms. The third-order valence-electron chi connectivity index (χ3n) is 14.3. The van der Waals surface area contributed by atoms with Crippen molar-refractivity contribution in [2.45, 2.75) is 182 Å². The van der Waals surface area contributed by atoms with Gasteiger partial charge in [-0.2, -0.15) is 0 Å². The predicted molar refractivity (Wildman–Crippen MR) is 299 cm³/mol. The molecule has 0 amide bonds. The molecule has 2 saturated carbocycles. The molecule has 2 fully saturated rings. The fourth-order valence-corrected chi connectivity index (χ4v) is 9.41. The summed E-state index contributed by atoms with van der Waals surface area (Å²) >= 11 is 0. The smallest absolute Gasteiger partial charge is 0.338 e. The van der Waals surface area contributed by atoms with Crippen molar-refractivity contribution in [1.29, 1.82) is 0 Å². The van der Waals surface area contributed by atoms with Gasteiger partial charge in [-0.05, 0) is 174 Å². The van der Waals surface area contributed by atoms with Crippen molar-refractivity contribution in [2.24, 2.45) is 23.7 Å². The number of hydrogen-bond acceptors (Lipinski definition) is 12. The summed E-state index contributed by atoms with van der Waals surface area (Å²) in [5.74, 6) is -0.852. The fourth-order valence-electron chi connectivity index (χ4n) is 9.41. The van der Waals surface area contributed by atoms with E-state index in [9.17, 15) is 28.8 Å². The van der Waals surface area contributed by atoms with E-state index in [1.54, 1.807) is 48.5 Å². The monoisotopic (exact) mass is 1050 g/mol. The zero-order valence-corrected chi connectivity index (χ0v) is 45.8. The quantitative estimate of drug-likeness (QED) is 0.0302. The highest BCUT2D eigenvalue weighted by Gasteiger charge is 2.34. The zero-order valence-electron chi connectivity index (χ0n) is 45.8. The third kappa shape index (κ3) is 21.7. The molecule has 4 aromatic rings. The molecule has 12 heteroatoms. The molecule has 0 N–H and O–H groups in total. The molecule has 12 nitrogen and oxygen atoms in total. The van der Waals surface area contributed by atoms with Crippen LogP contribution in [0.25, 0.3) is 0 Å². The van der Waals surface area contributed by atoms with Gasteiger partial charge in [-0.1, -0.05) is 116 Å². The van der Waals surface area contributed by atoms with E-state index in [1.807, 2.05) is 48.5 Å². The molecule has 4 aromatic carbocycles. The van der Waals surface area contributed by atoms with E-state index in [0.717, 1.165) is 64.2 Å². The van der Waals surface area contributed by atoms with Gasteiger partial charge in [0, 0.05) is 2.85 Å². The molecule has 0 aromatic heterocycles. The molecule has 0 radical (unpaired) electrons. The summed E-state index contributed by atoms with van der Waals surface area (Å²) in [6.07, 6.45) is 22.3. The second-order valence-electron chi connectivity index (χ2n) is 20.4. The van der Waals surface area contributed by atoms with Crippen molar-refractivity contribution < 1.29 is 60.0 Å². The van der Waals surface area contributed by atoms with E-state index in [2.05, 4.69) is 27.7 Å². The molecule has 0 atom stereocenters. The van der Waals surface area contributed by atoms with E-state index in [-0.39, 0.29) is 62.3 Å². The van der Waals surface area contributed by atoms with Crippen LogP contribution in [0.15, 0.2) is 97.1 Å². The van der Waals surface area contributed by atoms with Gasteiger partial charge in [0.1, 0.15) is 23.0 Å². The number of unbranched alkanes of at least 4 members (excludes halogenated alkanes) is 10. The van der Waals surface area contributed by atoms with Gasteiger partial charge in [-0.15, -0.1) is 0 Å². The Bertz CT molecular complexity index is 2190. The Labute approximate surface area is 455 Å². The first-order valence-electron chi connectivity index (χ1n) is 28.6. The van der Waals surface area contributed by atoms with E-state index in [0.29, 0.717) is 98.7 Å². The lowest BCUT2D eigenvalue weighted by Gasteiger charge is -2.25. The minimum absolute atomic E-state index is 0. The van der Waals surface area contributed by atoms with Gasteiger partial charge in [-0.3, -0.25) is 19.2 Å². The highest BCUT2D eigenvalue weighted by Crippen LogP contribution is 2.33. The van der Waals surface area contributed by atoms with E-state index < -0.39 is 0 Å². The average molecular weight is 1050 g/mol. The van der Waals surface area contributed by atoms with Crippen LogP contribution >= 0.6 is 0 Å². The molecule has 2 aliphatic carbocycles. The van der Waals surface area contributed by atoms with Gasteiger partial charge < -0.3 is 28.4 Å². The molecule has 0 bridgehead atoms. The topological polar surface area (TPSA) is 158 Å². The maximum atomic E-state index is 12.7. The lowest BCUT2D eigenvalue weighted by Crippen LogP contribution is -2.30. The summed E-state index contributed by atoms with van der Waals surface area (Å²) in [4.78, 5) is 75.0. The van der Waals surface area contributed by atoms with Crippen LogP contribution in [0.2, 0.25) is 0 Å². The molecule has 6 rings (SSSR count). The Morgan fingerprint density at radius 2 is 0.592 bits per heavy atom. The average Bonchev–Trinajstić information content (AvgIpc) is 3.44. The maximum Gasteiger partial charge on any atom is 0.338 e. The lowest BCUT2D eigenvalue weighted by atomic mass is 9.82. The van der Waals surface area contributed by atoms with Gasteiger partial charge in [0.15, 0.2) is 0 Å². The van der Waals surface area contributed by atoms with E-state index in [1.165, 1.54) is 49.7 Å². The second-order valence-corrected chi connectivity index (χ2v) is 20.4. The lowest BCUT2D eigenvalue weighted by molar-refractivity contribution is -0.145. The number of carbonyl (C=O) groups excluding carboxylic acids is 6. The number of benzene rings is 4. The summed E-state index contributed by atoms with van der Waals surface area (Å²) in [5.41, 5.74) is 3.38. The van der Waals surface area contributed by atoms with Crippen molar-refractivity contribution in [3.8, 4) is 23.0 Å². The minimum atomic E-state index is -0.388. The normalized spacial score (nSPS) is 17.0. The van der Waals surface area contributed by atoms with Crippen molar-refractivity contribution in [3.05, 3.63) is 119 Å². The molecule has 0 aliphatic heterocycles. The summed E-state index contributed by atoms with van der Waals surface area (Å²) < 4.78 is 32.9. The second kappa shape index (κ2) is 34.4. The van der Waals surface area contributed by atoms with Crippen LogP contribution in [-0.4, -0.2) is 49.0 Å². The van der Waals surface area contributed by atoms with Gasteiger partial charge in [-0.25, -0.2) is 9.59 Å². The molecule has 2 aliphatic rings. The predicted octanol–water partition coefficient (Wildman–Crippen LogP) is 15.4. The zero-order chi connectivity index (χ0) is 54.3. The third-order valence-corrected chi connectivity index (χ3v) is 14.3. The number of carbonyl (C=O) groups is 6. The Morgan fingerprint density at radius 1 is 0.342 bits per heavy atom.